The van der Waals surface area contributed by atoms with E-state index in [4.69, 9.17) is 21.6 Å². The van der Waals surface area contributed by atoms with Gasteiger partial charge in [-0.25, -0.2) is 14.8 Å². The van der Waals surface area contributed by atoms with Crippen LogP contribution in [0.25, 0.3) is 205 Å². The van der Waals surface area contributed by atoms with Gasteiger partial charge in [0.1, 0.15) is 6.33 Å². The number of nitrogens with zero attached hydrogens (tertiary/aromatic N) is 11. The van der Waals surface area contributed by atoms with Crippen molar-refractivity contribution in [3.63, 3.8) is 0 Å². The van der Waals surface area contributed by atoms with E-state index in [-0.39, 0.29) is 26.0 Å². The van der Waals surface area contributed by atoms with Crippen molar-refractivity contribution in [2.75, 3.05) is 13.3 Å². The maximum absolute atomic E-state index is 7.72. The molecular formula is C133H106IrN11P2-. The van der Waals surface area contributed by atoms with E-state index in [0.29, 0.717) is 25.1 Å². The van der Waals surface area contributed by atoms with E-state index < -0.39 is 0 Å². The first kappa shape index (κ1) is 96.5. The van der Waals surface area contributed by atoms with Crippen LogP contribution in [0.3, 0.4) is 0 Å². The quantitative estimate of drug-likeness (QED) is 0.0543. The van der Waals surface area contributed by atoms with Crippen molar-refractivity contribution in [1.82, 2.24) is 48.4 Å². The molecule has 1 radical (unpaired) electrons. The molecule has 25 aromatic rings. The van der Waals surface area contributed by atoms with Gasteiger partial charge in [-0.2, -0.15) is 5.10 Å². The Hall–Kier alpha value is -16.6. The fourth-order valence-electron chi connectivity index (χ4n) is 21.1. The number of hydrogen-bond acceptors (Lipinski definition) is 6. The number of fused-ring (bicyclic) bond motifs is 15. The molecule has 0 aliphatic heterocycles. The van der Waals surface area contributed by atoms with Gasteiger partial charge >= 0.3 is 0 Å². The fourth-order valence-corrected chi connectivity index (χ4v) is 21.1. The summed E-state index contributed by atoms with van der Waals surface area (Å²) in [5.41, 5.74) is 37.7. The zero-order valence-corrected chi connectivity index (χ0v) is 87.2. The van der Waals surface area contributed by atoms with Crippen molar-refractivity contribution in [3.8, 4) is 113 Å². The standard InChI is InChI=1S/C41H27N3.C36H24N2.C30H31N4.C24H16N2.C2H8P2.Ir/c1-3-19-35-31(15-1)32-16-2-4-20-36(32)41(35)29-13-9-11-27(23-29)37-25-38(43-26-42-37)28-12-10-14-30(24-28)44-39-21-7-5-17-33(39)34-18-6-8-22-40(34)44;1-3-11-27(12-4-1)37-33-17-9-7-15-29(33)31-23-25(19-21-35(31)37)26-20-22-36-32(24-26)30-16-8-10-18-34(30)38(36)28-13-5-2-6-14-28;1-20(2)16-24-18-26(31-6)19-25(17-21(3)4)28(24)34-29(23-13-8-7-9-14-23)32-33-30(34)27-15-11-10-12-22(27)5;1-3-7-17(8-4-1)19-13-15-25-23-21(19)11-12-22-20(14-16-26-24(22)23)18-9-5-2-6-10-18;1-4(2)3;/h1-26,41H;1-24H;7-13,15,18-21H,16-17H2,1-5H3;1-16H;3H2,1-2H3;/q;;-1;;;. The van der Waals surface area contributed by atoms with Crippen LogP contribution in [0.4, 0.5) is 5.69 Å². The number of para-hydroxylation sites is 6. The Labute approximate surface area is 874 Å². The predicted octanol–water partition coefficient (Wildman–Crippen LogP) is 34.9. The normalized spacial score (nSPS) is 11.6. The summed E-state index contributed by atoms with van der Waals surface area (Å²) in [5, 5.41) is 19.3. The zero-order valence-electron chi connectivity index (χ0n) is 82.8. The molecule has 11 nitrogen and oxygen atoms in total. The third-order valence-electron chi connectivity index (χ3n) is 27.4. The Bertz CT molecular complexity index is 8780. The zero-order chi connectivity index (χ0) is 99.3. The molecule has 14 heteroatoms. The van der Waals surface area contributed by atoms with Crippen LogP contribution in [-0.4, -0.2) is 61.7 Å². The van der Waals surface area contributed by atoms with Crippen molar-refractivity contribution in [2.45, 2.75) is 53.4 Å². The molecule has 0 bridgehead atoms. The van der Waals surface area contributed by atoms with Gasteiger partial charge in [0, 0.05) is 121 Å². The number of aryl methyl sites for hydroxylation is 1. The van der Waals surface area contributed by atoms with Gasteiger partial charge in [-0.1, -0.05) is 345 Å². The predicted molar refractivity (Wildman–Crippen MR) is 616 cm³/mol. The van der Waals surface area contributed by atoms with Crippen LogP contribution in [0, 0.1) is 31.4 Å². The largest absolute Gasteiger partial charge is 0.316 e. The molecule has 0 fully saturated rings. The minimum atomic E-state index is 0. The Morgan fingerprint density at radius 2 is 0.728 bits per heavy atom. The molecule has 0 amide bonds. The number of pyridine rings is 2. The van der Waals surface area contributed by atoms with Gasteiger partial charge in [-0.05, 0) is 232 Å². The van der Waals surface area contributed by atoms with Gasteiger partial charge in [0.15, 0.2) is 11.5 Å². The fraction of sp³-hybridized carbons (Fsp3) is 0.0902. The minimum Gasteiger partial charge on any atom is -0.316 e. The molecular weight excluding hydrogens is 2010 g/mol. The first-order valence-electron chi connectivity index (χ1n) is 49.8. The third kappa shape index (κ3) is 19.5. The van der Waals surface area contributed by atoms with Crippen molar-refractivity contribution >= 4 is 109 Å². The topological polar surface area (TPSA) is 101 Å². The van der Waals surface area contributed by atoms with Gasteiger partial charge in [-0.15, -0.1) is 49.9 Å². The summed E-state index contributed by atoms with van der Waals surface area (Å²) < 4.78 is 9.28. The molecule has 7 heterocycles. The van der Waals surface area contributed by atoms with Crippen LogP contribution >= 0.6 is 16.5 Å². The van der Waals surface area contributed by atoms with E-state index in [1.165, 1.54) is 138 Å². The maximum Gasteiger partial charge on any atom is 0.187 e. The second kappa shape index (κ2) is 43.1. The maximum atomic E-state index is 7.72. The van der Waals surface area contributed by atoms with E-state index in [2.05, 4.69) is 483 Å². The first-order valence-corrected chi connectivity index (χ1v) is 53.7. The molecule has 1 atom stereocenters. The van der Waals surface area contributed by atoms with Crippen molar-refractivity contribution in [1.29, 1.82) is 0 Å². The molecule has 1 unspecified atom stereocenters. The molecule has 713 valence electrons. The minimum absolute atomic E-state index is 0. The van der Waals surface area contributed by atoms with E-state index in [9.17, 15) is 0 Å². The van der Waals surface area contributed by atoms with Gasteiger partial charge in [0.2, 0.25) is 0 Å². The third-order valence-corrected chi connectivity index (χ3v) is 27.4. The number of aromatic nitrogens is 10. The van der Waals surface area contributed by atoms with E-state index in [1.54, 1.807) is 6.33 Å². The number of rotatable bonds is 16. The van der Waals surface area contributed by atoms with Gasteiger partial charge in [0.25, 0.3) is 0 Å². The Balaban J connectivity index is 0.000000115. The molecule has 147 heavy (non-hydrogen) atoms. The molecule has 26 rings (SSSR count). The van der Waals surface area contributed by atoms with Crippen LogP contribution in [0.5, 0.6) is 0 Å². The average Bonchev–Trinajstić information content (AvgIpc) is 1.65. The van der Waals surface area contributed by atoms with Crippen LogP contribution in [-0.2, 0) is 32.9 Å². The summed E-state index contributed by atoms with van der Waals surface area (Å²) >= 11 is 0. The van der Waals surface area contributed by atoms with Gasteiger partial charge < -0.3 is 18.3 Å². The molecule has 1 aliphatic carbocycles. The van der Waals surface area contributed by atoms with Gasteiger partial charge in [-0.3, -0.25) is 9.97 Å². The molecule has 0 N–H and O–H groups in total. The first-order chi connectivity index (χ1) is 71.7. The van der Waals surface area contributed by atoms with E-state index in [1.807, 2.05) is 73.1 Å². The van der Waals surface area contributed by atoms with Crippen LogP contribution in [0.15, 0.2) is 462 Å². The Kier molecular flexibility index (Phi) is 28.3. The van der Waals surface area contributed by atoms with Crippen molar-refractivity contribution in [2.24, 2.45) is 11.8 Å². The van der Waals surface area contributed by atoms with Crippen molar-refractivity contribution in [3.05, 3.63) is 512 Å². The smallest absolute Gasteiger partial charge is 0.187 e. The van der Waals surface area contributed by atoms with Gasteiger partial charge in [0.05, 0.1) is 67.9 Å². The molecule has 0 saturated carbocycles. The molecule has 0 saturated heterocycles. The van der Waals surface area contributed by atoms with E-state index in [0.717, 1.165) is 108 Å². The monoisotopic (exact) mass is 2110 g/mol. The SMILES string of the molecule is CP(C)P.[C-]#[N+]c1cc(CC(C)C)c(-n2c(-c3[c-]cccc3)nnc2-c2ccccc2C)c(CC(C)C)c1.[Ir].c1cc(-c2cc(-c3cccc(-n4c5ccccc5c5ccccc54)c3)ncn2)cc(C2c3ccccc3-c3ccccc32)c1.c1ccc(-c2ccnc3c2ccc2c(-c4ccccc4)ccnc23)cc1.c1ccc(-n2c3ccccc3c3cc(-c4ccc5c(c4)c4ccccc4n5-c4ccccc4)ccc32)cc1. The average molecular weight is 2110 g/mol. The van der Waals surface area contributed by atoms with E-state index >= 15 is 0 Å². The van der Waals surface area contributed by atoms with Crippen molar-refractivity contribution < 1.29 is 20.1 Å². The second-order valence-electron chi connectivity index (χ2n) is 38.2. The summed E-state index contributed by atoms with van der Waals surface area (Å²) in [5.74, 6) is 2.67. The second-order valence-corrected chi connectivity index (χ2v) is 43.3. The summed E-state index contributed by atoms with van der Waals surface area (Å²) in [6, 6.07) is 160. The van der Waals surface area contributed by atoms with Crippen LogP contribution in [0.1, 0.15) is 67.0 Å². The summed E-state index contributed by atoms with van der Waals surface area (Å²) in [4.78, 5) is 22.6. The summed E-state index contributed by atoms with van der Waals surface area (Å²) in [6.07, 6.45) is 7.17. The Morgan fingerprint density at radius 1 is 0.333 bits per heavy atom. The Morgan fingerprint density at radius 3 is 1.20 bits per heavy atom. The van der Waals surface area contributed by atoms with Crippen LogP contribution in [0.2, 0.25) is 0 Å². The molecule has 18 aromatic carbocycles. The molecule has 0 spiro atoms. The summed E-state index contributed by atoms with van der Waals surface area (Å²) in [7, 11) is 3.02. The molecule has 1 aliphatic rings. The number of benzene rings is 18. The number of hydrogen-bond donors (Lipinski definition) is 0. The van der Waals surface area contributed by atoms with Crippen LogP contribution < -0.4 is 0 Å². The summed E-state index contributed by atoms with van der Waals surface area (Å²) in [6.45, 7) is 23.1. The molecule has 7 aromatic heterocycles.